The molecule has 1 aliphatic carbocycles. The number of amides is 1. The highest BCUT2D eigenvalue weighted by Crippen LogP contribution is 2.37. The van der Waals surface area contributed by atoms with Crippen molar-refractivity contribution in [1.82, 2.24) is 10.2 Å². The van der Waals surface area contributed by atoms with Gasteiger partial charge in [-0.2, -0.15) is 0 Å². The number of ether oxygens (including phenoxy) is 1. The Hall–Kier alpha value is -0.820. The minimum absolute atomic E-state index is 0.0151. The number of nitrogens with one attached hydrogen (secondary N) is 1. The maximum Gasteiger partial charge on any atom is 0.407 e. The fraction of sp³-hybridized carbons (Fsp3) is 0.667. The molecule has 0 bridgehead atoms. The third-order valence-corrected chi connectivity index (χ3v) is 6.32. The summed E-state index contributed by atoms with van der Waals surface area (Å²) in [7, 11) is 0. The molecule has 1 aliphatic heterocycles. The first-order valence-electron chi connectivity index (χ1n) is 9.86. The van der Waals surface area contributed by atoms with Crippen LogP contribution in [0.5, 0.6) is 0 Å². The zero-order valence-corrected chi connectivity index (χ0v) is 18.1. The molecule has 0 radical (unpaired) electrons. The topological polar surface area (TPSA) is 41.6 Å². The number of nitrogens with zero attached hydrogens (tertiary/aromatic N) is 1. The average molecular weight is 470 g/mol. The van der Waals surface area contributed by atoms with Crippen molar-refractivity contribution in [3.8, 4) is 0 Å². The van der Waals surface area contributed by atoms with E-state index in [4.69, 9.17) is 4.74 Å². The Morgan fingerprint density at radius 2 is 1.92 bits per heavy atom. The second-order valence-electron chi connectivity index (χ2n) is 8.38. The summed E-state index contributed by atoms with van der Waals surface area (Å²) in [4.78, 5) is 14.7. The van der Waals surface area contributed by atoms with Crippen LogP contribution in [0.1, 0.15) is 45.1 Å². The molecule has 1 aromatic rings. The zero-order valence-electron chi connectivity index (χ0n) is 16.0. The van der Waals surface area contributed by atoms with E-state index in [2.05, 4.69) is 70.9 Å². The summed E-state index contributed by atoms with van der Waals surface area (Å²) in [6.07, 6.45) is 4.70. The fourth-order valence-corrected chi connectivity index (χ4v) is 4.09. The van der Waals surface area contributed by atoms with Gasteiger partial charge in [0.2, 0.25) is 0 Å². The van der Waals surface area contributed by atoms with Crippen LogP contribution >= 0.6 is 22.6 Å². The van der Waals surface area contributed by atoms with Crippen molar-refractivity contribution in [2.24, 2.45) is 11.8 Å². The van der Waals surface area contributed by atoms with Crippen LogP contribution in [-0.2, 0) is 10.2 Å². The molecule has 1 saturated heterocycles. The van der Waals surface area contributed by atoms with Crippen LogP contribution in [0.25, 0.3) is 0 Å². The van der Waals surface area contributed by atoms with Gasteiger partial charge in [0.25, 0.3) is 0 Å². The number of benzene rings is 1. The Morgan fingerprint density at radius 1 is 1.27 bits per heavy atom. The number of likely N-dealkylation sites (tertiary alicyclic amines) is 1. The van der Waals surface area contributed by atoms with E-state index in [9.17, 15) is 4.79 Å². The van der Waals surface area contributed by atoms with Gasteiger partial charge in [-0.25, -0.2) is 4.79 Å². The molecule has 0 aromatic heterocycles. The van der Waals surface area contributed by atoms with Crippen LogP contribution in [0.3, 0.4) is 0 Å². The van der Waals surface area contributed by atoms with E-state index in [1.807, 2.05) is 0 Å². The van der Waals surface area contributed by atoms with Crippen LogP contribution in [0, 0.1) is 15.4 Å². The van der Waals surface area contributed by atoms with Gasteiger partial charge in [-0.15, -0.1) is 0 Å². The van der Waals surface area contributed by atoms with Gasteiger partial charge < -0.3 is 15.0 Å². The van der Waals surface area contributed by atoms with Gasteiger partial charge in [-0.1, -0.05) is 26.0 Å². The molecule has 2 fully saturated rings. The van der Waals surface area contributed by atoms with E-state index in [0.717, 1.165) is 31.8 Å². The Balaban J connectivity index is 1.64. The first-order valence-corrected chi connectivity index (χ1v) is 10.9. The Morgan fingerprint density at radius 3 is 2.50 bits per heavy atom. The van der Waals surface area contributed by atoms with Gasteiger partial charge >= 0.3 is 6.09 Å². The molecule has 4 nitrogen and oxygen atoms in total. The predicted octanol–water partition coefficient (Wildman–Crippen LogP) is 4.42. The summed E-state index contributed by atoms with van der Waals surface area (Å²) in [5.74, 6) is 1.29. The van der Waals surface area contributed by atoms with Gasteiger partial charge in [-0.05, 0) is 90.9 Å². The monoisotopic (exact) mass is 470 g/mol. The Labute approximate surface area is 171 Å². The molecule has 1 saturated carbocycles. The number of rotatable bonds is 7. The van der Waals surface area contributed by atoms with Gasteiger partial charge in [0.1, 0.15) is 0 Å². The predicted molar refractivity (Wildman–Crippen MR) is 113 cm³/mol. The van der Waals surface area contributed by atoms with E-state index in [1.165, 1.54) is 28.5 Å². The molecule has 1 amide bonds. The molecular weight excluding hydrogens is 439 g/mol. The summed E-state index contributed by atoms with van der Waals surface area (Å²) in [5, 5.41) is 3.05. The van der Waals surface area contributed by atoms with Crippen molar-refractivity contribution >= 4 is 28.7 Å². The molecule has 0 spiro atoms. The van der Waals surface area contributed by atoms with E-state index in [-0.39, 0.29) is 11.5 Å². The molecule has 0 atom stereocenters. The van der Waals surface area contributed by atoms with Crippen LogP contribution in [0.15, 0.2) is 24.3 Å². The minimum atomic E-state index is -0.288. The van der Waals surface area contributed by atoms with E-state index >= 15 is 0 Å². The molecule has 0 unspecified atom stereocenters. The molecule has 1 aromatic carbocycles. The number of alkyl carbamates (subject to hydrolysis) is 1. The van der Waals surface area contributed by atoms with Crippen LogP contribution in [0.2, 0.25) is 0 Å². The summed E-state index contributed by atoms with van der Waals surface area (Å²) in [5.41, 5.74) is 1.36. The van der Waals surface area contributed by atoms with Crippen molar-refractivity contribution < 1.29 is 9.53 Å². The van der Waals surface area contributed by atoms with Crippen molar-refractivity contribution in [2.45, 2.75) is 44.9 Å². The van der Waals surface area contributed by atoms with Crippen molar-refractivity contribution in [1.29, 1.82) is 0 Å². The lowest BCUT2D eigenvalue weighted by Crippen LogP contribution is -2.49. The van der Waals surface area contributed by atoms with Crippen LogP contribution in [0.4, 0.5) is 4.79 Å². The summed E-state index contributed by atoms with van der Waals surface area (Å²) < 4.78 is 6.56. The first-order chi connectivity index (χ1) is 12.5. The number of hydrogen-bond donors (Lipinski definition) is 1. The van der Waals surface area contributed by atoms with E-state index < -0.39 is 0 Å². The zero-order chi connectivity index (χ0) is 18.6. The lowest BCUT2D eigenvalue weighted by molar-refractivity contribution is 0.120. The first kappa shape index (κ1) is 19.9. The molecule has 26 heavy (non-hydrogen) atoms. The maximum absolute atomic E-state index is 12.1. The molecule has 1 heterocycles. The van der Waals surface area contributed by atoms with E-state index in [1.54, 1.807) is 0 Å². The second kappa shape index (κ2) is 8.91. The number of carbonyl (C=O) groups excluding carboxylic acids is 1. The van der Waals surface area contributed by atoms with Crippen molar-refractivity contribution in [3.05, 3.63) is 33.4 Å². The molecular formula is C21H31IN2O2. The SMILES string of the molecule is CC(C)COC(=O)NCC1(c2ccc(I)cc2)CCN(CC2CC2)CC1. The third kappa shape index (κ3) is 5.59. The molecule has 1 N–H and O–H groups in total. The summed E-state index contributed by atoms with van der Waals surface area (Å²) in [6.45, 7) is 8.72. The van der Waals surface area contributed by atoms with Crippen LogP contribution in [-0.4, -0.2) is 43.8 Å². The largest absolute Gasteiger partial charge is 0.449 e. The second-order valence-corrected chi connectivity index (χ2v) is 9.62. The van der Waals surface area contributed by atoms with Gasteiger partial charge in [0.05, 0.1) is 6.61 Å². The fourth-order valence-electron chi connectivity index (χ4n) is 3.73. The minimum Gasteiger partial charge on any atom is -0.449 e. The van der Waals surface area contributed by atoms with Gasteiger partial charge in [0, 0.05) is 22.1 Å². The average Bonchev–Trinajstić information content (AvgIpc) is 3.44. The number of halogens is 1. The molecule has 2 aliphatic rings. The van der Waals surface area contributed by atoms with Crippen molar-refractivity contribution in [3.63, 3.8) is 0 Å². The van der Waals surface area contributed by atoms with Gasteiger partial charge in [0.15, 0.2) is 0 Å². The summed E-state index contributed by atoms with van der Waals surface area (Å²) >= 11 is 2.35. The number of carbonyl (C=O) groups is 1. The number of hydrogen-bond acceptors (Lipinski definition) is 3. The molecule has 3 rings (SSSR count). The smallest absolute Gasteiger partial charge is 0.407 e. The quantitative estimate of drug-likeness (QED) is 0.601. The normalized spacial score (nSPS) is 20.2. The standard InChI is InChI=1S/C21H31IN2O2/c1-16(2)14-26-20(25)23-15-21(18-5-7-19(22)8-6-18)9-11-24(12-10-21)13-17-3-4-17/h5-8,16-17H,3-4,9-15H2,1-2H3,(H,23,25). The Kier molecular flexibility index (Phi) is 6.83. The van der Waals surface area contributed by atoms with Crippen LogP contribution < -0.4 is 5.32 Å². The highest BCUT2D eigenvalue weighted by Gasteiger charge is 2.38. The Bertz CT molecular complexity index is 591. The summed E-state index contributed by atoms with van der Waals surface area (Å²) in [6, 6.07) is 8.81. The lowest BCUT2D eigenvalue weighted by Gasteiger charge is -2.42. The maximum atomic E-state index is 12.1. The highest BCUT2D eigenvalue weighted by atomic mass is 127. The number of piperidine rings is 1. The third-order valence-electron chi connectivity index (χ3n) is 5.60. The highest BCUT2D eigenvalue weighted by molar-refractivity contribution is 14.1. The van der Waals surface area contributed by atoms with E-state index in [0.29, 0.717) is 19.1 Å². The van der Waals surface area contributed by atoms with Crippen molar-refractivity contribution in [2.75, 3.05) is 32.8 Å². The lowest BCUT2D eigenvalue weighted by atomic mass is 9.72. The van der Waals surface area contributed by atoms with Gasteiger partial charge in [-0.3, -0.25) is 0 Å². The molecule has 144 valence electrons. The molecule has 5 heteroatoms.